The van der Waals surface area contributed by atoms with Crippen LogP contribution in [0.25, 0.3) is 0 Å². The third-order valence-corrected chi connectivity index (χ3v) is 3.46. The van der Waals surface area contributed by atoms with Gasteiger partial charge in [-0.25, -0.2) is 0 Å². The molecule has 0 radical (unpaired) electrons. The minimum Gasteiger partial charge on any atom is -0.481 e. The lowest BCUT2D eigenvalue weighted by molar-refractivity contribution is -0.136. The average molecular weight is 279 g/mol. The Bertz CT molecular complexity index is 541. The number of hydrogen-bond acceptors (Lipinski definition) is 5. The zero-order valence-electron chi connectivity index (χ0n) is 10.1. The van der Waals surface area contributed by atoms with Crippen LogP contribution in [0.1, 0.15) is 16.8 Å². The Morgan fingerprint density at radius 3 is 2.95 bits per heavy atom. The minimum atomic E-state index is -0.851. The van der Waals surface area contributed by atoms with Gasteiger partial charge in [-0.15, -0.1) is 0 Å². The minimum absolute atomic E-state index is 0.0423. The summed E-state index contributed by atoms with van der Waals surface area (Å²) in [5, 5.41) is 11.4. The maximum atomic E-state index is 11.9. The van der Waals surface area contributed by atoms with Crippen molar-refractivity contribution < 1.29 is 19.4 Å². The van der Waals surface area contributed by atoms with Crippen molar-refractivity contribution >= 4 is 29.2 Å². The number of nitrogens with one attached hydrogen (secondary N) is 1. The highest BCUT2D eigenvalue weighted by molar-refractivity contribution is 8.00. The van der Waals surface area contributed by atoms with Gasteiger partial charge in [-0.2, -0.15) is 11.8 Å². The van der Waals surface area contributed by atoms with Crippen LogP contribution in [0.3, 0.4) is 0 Å². The standard InChI is InChI=1S/C13H13NO4S/c1-8-14-10-3-2-9(6-12(10)18-8)11(15)7-19-5-4-13(16)17/h2-3,6,14H,1,4-5,7H2,(H,16,17). The van der Waals surface area contributed by atoms with Crippen molar-refractivity contribution in [2.45, 2.75) is 6.42 Å². The normalized spacial score (nSPS) is 12.5. The van der Waals surface area contributed by atoms with Gasteiger partial charge in [0.1, 0.15) is 0 Å². The van der Waals surface area contributed by atoms with E-state index in [-0.39, 0.29) is 18.0 Å². The molecule has 6 heteroatoms. The van der Waals surface area contributed by atoms with Gasteiger partial charge in [0, 0.05) is 11.3 Å². The highest BCUT2D eigenvalue weighted by atomic mass is 32.2. The van der Waals surface area contributed by atoms with E-state index in [0.717, 1.165) is 5.69 Å². The largest absolute Gasteiger partial charge is 0.481 e. The Morgan fingerprint density at radius 2 is 2.21 bits per heavy atom. The summed E-state index contributed by atoms with van der Waals surface area (Å²) in [5.74, 6) is 0.831. The number of fused-ring (bicyclic) bond motifs is 1. The number of hydrogen-bond donors (Lipinski definition) is 2. The van der Waals surface area contributed by atoms with Gasteiger partial charge < -0.3 is 15.2 Å². The average Bonchev–Trinajstić information content (AvgIpc) is 2.73. The van der Waals surface area contributed by atoms with Gasteiger partial charge in [0.25, 0.3) is 0 Å². The molecule has 2 N–H and O–H groups in total. The van der Waals surface area contributed by atoms with Gasteiger partial charge in [-0.3, -0.25) is 9.59 Å². The molecule has 1 aliphatic rings. The summed E-state index contributed by atoms with van der Waals surface area (Å²) in [7, 11) is 0. The van der Waals surface area contributed by atoms with Gasteiger partial charge >= 0.3 is 5.97 Å². The number of benzene rings is 1. The second-order valence-corrected chi connectivity index (χ2v) is 5.09. The number of ketones is 1. The first-order valence-electron chi connectivity index (χ1n) is 5.67. The molecule has 0 amide bonds. The van der Waals surface area contributed by atoms with Gasteiger partial charge in [-0.1, -0.05) is 0 Å². The zero-order valence-corrected chi connectivity index (χ0v) is 11.0. The smallest absolute Gasteiger partial charge is 0.304 e. The van der Waals surface area contributed by atoms with E-state index in [4.69, 9.17) is 9.84 Å². The fourth-order valence-corrected chi connectivity index (χ4v) is 2.41. The van der Waals surface area contributed by atoms with Crippen molar-refractivity contribution in [2.75, 3.05) is 16.8 Å². The third kappa shape index (κ3) is 3.51. The number of Topliss-reactive ketones (excluding diaryl/α,β-unsaturated/α-hetero) is 1. The van der Waals surface area contributed by atoms with Crippen LogP contribution in [0.15, 0.2) is 30.7 Å². The Morgan fingerprint density at radius 1 is 1.42 bits per heavy atom. The van der Waals surface area contributed by atoms with Crippen molar-refractivity contribution in [1.82, 2.24) is 0 Å². The first kappa shape index (κ1) is 13.5. The maximum Gasteiger partial charge on any atom is 0.304 e. The fraction of sp³-hybridized carbons (Fsp3) is 0.231. The first-order chi connectivity index (χ1) is 9.06. The van der Waals surface area contributed by atoms with E-state index >= 15 is 0 Å². The van der Waals surface area contributed by atoms with Crippen LogP contribution >= 0.6 is 11.8 Å². The molecule has 1 aromatic carbocycles. The van der Waals surface area contributed by atoms with Crippen molar-refractivity contribution in [3.05, 3.63) is 36.2 Å². The van der Waals surface area contributed by atoms with E-state index in [1.165, 1.54) is 11.8 Å². The lowest BCUT2D eigenvalue weighted by Gasteiger charge is -2.02. The van der Waals surface area contributed by atoms with Gasteiger partial charge in [-0.05, 0) is 24.8 Å². The molecule has 1 aliphatic heterocycles. The van der Waals surface area contributed by atoms with E-state index in [1.807, 2.05) is 0 Å². The molecule has 0 spiro atoms. The van der Waals surface area contributed by atoms with Crippen LogP contribution < -0.4 is 10.1 Å². The van der Waals surface area contributed by atoms with Gasteiger partial charge in [0.2, 0.25) is 0 Å². The Labute approximate surface area is 114 Å². The maximum absolute atomic E-state index is 11.9. The van der Waals surface area contributed by atoms with Gasteiger partial charge in [0.15, 0.2) is 17.4 Å². The summed E-state index contributed by atoms with van der Waals surface area (Å²) < 4.78 is 5.31. The Balaban J connectivity index is 1.91. The first-order valence-corrected chi connectivity index (χ1v) is 6.82. The molecule has 0 fully saturated rings. The summed E-state index contributed by atoms with van der Waals surface area (Å²) in [4.78, 5) is 22.2. The van der Waals surface area contributed by atoms with Gasteiger partial charge in [0.05, 0.1) is 17.9 Å². The zero-order chi connectivity index (χ0) is 13.8. The number of carboxylic acids is 1. The monoisotopic (exact) mass is 279 g/mol. The molecule has 0 saturated carbocycles. The molecule has 0 unspecified atom stereocenters. The molecular formula is C13H13NO4S. The van der Waals surface area contributed by atoms with Crippen molar-refractivity contribution in [2.24, 2.45) is 0 Å². The molecule has 0 aliphatic carbocycles. The van der Waals surface area contributed by atoms with Crippen LogP contribution in [-0.2, 0) is 4.79 Å². The van der Waals surface area contributed by atoms with E-state index < -0.39 is 5.97 Å². The highest BCUT2D eigenvalue weighted by Crippen LogP contribution is 2.33. The van der Waals surface area contributed by atoms with E-state index in [0.29, 0.717) is 22.9 Å². The van der Waals surface area contributed by atoms with Crippen molar-refractivity contribution in [3.63, 3.8) is 0 Å². The Kier molecular flexibility index (Phi) is 4.11. The predicted molar refractivity (Wildman–Crippen MR) is 73.7 cm³/mol. The van der Waals surface area contributed by atoms with E-state index in [1.54, 1.807) is 18.2 Å². The number of ether oxygens (including phenoxy) is 1. The summed E-state index contributed by atoms with van der Waals surface area (Å²) >= 11 is 1.31. The Hall–Kier alpha value is -1.95. The fourth-order valence-electron chi connectivity index (χ4n) is 1.60. The lowest BCUT2D eigenvalue weighted by atomic mass is 10.1. The number of carboxylic acid groups (broad SMARTS) is 1. The number of carbonyl (C=O) groups is 2. The third-order valence-electron chi connectivity index (χ3n) is 2.50. The van der Waals surface area contributed by atoms with Crippen LogP contribution in [0.5, 0.6) is 5.75 Å². The van der Waals surface area contributed by atoms with Crippen molar-refractivity contribution in [3.8, 4) is 5.75 Å². The summed E-state index contributed by atoms with van der Waals surface area (Å²) in [6.07, 6.45) is 0.0645. The molecule has 0 atom stereocenters. The molecule has 2 rings (SSSR count). The molecule has 100 valence electrons. The number of rotatable bonds is 6. The SMILES string of the molecule is C=C1Nc2ccc(C(=O)CSCCC(=O)O)cc2O1. The molecule has 0 saturated heterocycles. The summed E-state index contributed by atoms with van der Waals surface area (Å²) in [6.45, 7) is 3.64. The van der Waals surface area contributed by atoms with E-state index in [2.05, 4.69) is 11.9 Å². The molecule has 0 bridgehead atoms. The summed E-state index contributed by atoms with van der Waals surface area (Å²) in [5.41, 5.74) is 1.35. The summed E-state index contributed by atoms with van der Waals surface area (Å²) in [6, 6.07) is 5.15. The lowest BCUT2D eigenvalue weighted by Crippen LogP contribution is -2.04. The molecule has 1 aromatic rings. The molecule has 0 aromatic heterocycles. The van der Waals surface area contributed by atoms with E-state index in [9.17, 15) is 9.59 Å². The van der Waals surface area contributed by atoms with Crippen molar-refractivity contribution in [1.29, 1.82) is 0 Å². The molecule has 1 heterocycles. The molecular weight excluding hydrogens is 266 g/mol. The highest BCUT2D eigenvalue weighted by Gasteiger charge is 2.17. The quantitative estimate of drug-likeness (QED) is 0.615. The molecule has 5 nitrogen and oxygen atoms in total. The topological polar surface area (TPSA) is 75.6 Å². The predicted octanol–water partition coefficient (Wildman–Crippen LogP) is 2.35. The number of anilines is 1. The number of carbonyl (C=O) groups excluding carboxylic acids is 1. The van der Waals surface area contributed by atoms with Crippen LogP contribution in [-0.4, -0.2) is 28.4 Å². The molecule has 19 heavy (non-hydrogen) atoms. The number of aliphatic carboxylic acids is 1. The van der Waals surface area contributed by atoms with Crippen LogP contribution in [0.2, 0.25) is 0 Å². The second kappa shape index (κ2) is 5.79. The number of thioether (sulfide) groups is 1. The second-order valence-electron chi connectivity index (χ2n) is 3.98. The van der Waals surface area contributed by atoms with Crippen LogP contribution in [0, 0.1) is 0 Å². The van der Waals surface area contributed by atoms with Crippen LogP contribution in [0.4, 0.5) is 5.69 Å².